The highest BCUT2D eigenvalue weighted by molar-refractivity contribution is 5.81. The molecule has 0 aromatic carbocycles. The molecule has 3 saturated heterocycles. The predicted octanol–water partition coefficient (Wildman–Crippen LogP) is 0.559. The quantitative estimate of drug-likeness (QED) is 0.683. The fourth-order valence-corrected chi connectivity index (χ4v) is 4.63. The minimum Gasteiger partial charge on any atom is -0.342 e. The molecule has 3 aliphatic heterocycles. The van der Waals surface area contributed by atoms with Gasteiger partial charge in [0, 0.05) is 65.4 Å². The van der Waals surface area contributed by atoms with E-state index in [0.29, 0.717) is 6.54 Å². The zero-order chi connectivity index (χ0) is 19.9. The van der Waals surface area contributed by atoms with Gasteiger partial charge in [-0.2, -0.15) is 0 Å². The lowest BCUT2D eigenvalue weighted by Gasteiger charge is -2.41. The van der Waals surface area contributed by atoms with E-state index in [-0.39, 0.29) is 17.9 Å². The third-order valence-corrected chi connectivity index (χ3v) is 6.76. The monoisotopic (exact) mass is 393 g/mol. The van der Waals surface area contributed by atoms with Gasteiger partial charge in [0.1, 0.15) is 0 Å². The first kappa shape index (κ1) is 21.5. The summed E-state index contributed by atoms with van der Waals surface area (Å²) in [6.45, 7) is 14.8. The molecule has 7 heteroatoms. The number of likely N-dealkylation sites (N-methyl/N-ethyl adjacent to an activating group) is 1. The molecular formula is C21H39N5O2. The second kappa shape index (κ2) is 10.6. The van der Waals surface area contributed by atoms with Crippen LogP contribution in [0.4, 0.5) is 0 Å². The van der Waals surface area contributed by atoms with Crippen molar-refractivity contribution in [3.05, 3.63) is 0 Å². The Morgan fingerprint density at radius 3 is 1.86 bits per heavy atom. The maximum atomic E-state index is 12.9. The van der Waals surface area contributed by atoms with Gasteiger partial charge in [-0.3, -0.25) is 19.4 Å². The van der Waals surface area contributed by atoms with Crippen molar-refractivity contribution in [1.29, 1.82) is 0 Å². The number of hydrogen-bond acceptors (Lipinski definition) is 5. The van der Waals surface area contributed by atoms with Crippen molar-refractivity contribution in [2.24, 2.45) is 0 Å². The number of piperazine rings is 2. The maximum Gasteiger partial charge on any atom is 0.239 e. The van der Waals surface area contributed by atoms with Gasteiger partial charge in [-0.05, 0) is 26.3 Å². The van der Waals surface area contributed by atoms with Crippen LogP contribution in [0.5, 0.6) is 0 Å². The Kier molecular flexibility index (Phi) is 8.11. The van der Waals surface area contributed by atoms with Crippen molar-refractivity contribution in [2.75, 3.05) is 78.5 Å². The summed E-state index contributed by atoms with van der Waals surface area (Å²) < 4.78 is 0. The van der Waals surface area contributed by atoms with Gasteiger partial charge in [0.2, 0.25) is 11.8 Å². The second-order valence-corrected chi connectivity index (χ2v) is 8.54. The van der Waals surface area contributed by atoms with E-state index < -0.39 is 0 Å². The minimum absolute atomic E-state index is 0.0587. The summed E-state index contributed by atoms with van der Waals surface area (Å²) in [5, 5.41) is 0. The van der Waals surface area contributed by atoms with Crippen LogP contribution in [0.3, 0.4) is 0 Å². The van der Waals surface area contributed by atoms with E-state index in [1.807, 2.05) is 11.8 Å². The van der Waals surface area contributed by atoms with E-state index in [1.54, 1.807) is 0 Å². The summed E-state index contributed by atoms with van der Waals surface area (Å²) in [7, 11) is 0. The van der Waals surface area contributed by atoms with E-state index in [1.165, 1.54) is 12.8 Å². The summed E-state index contributed by atoms with van der Waals surface area (Å²) in [4.78, 5) is 36.5. The Hall–Kier alpha value is -1.18. The molecule has 0 bridgehead atoms. The molecule has 160 valence electrons. The van der Waals surface area contributed by atoms with Gasteiger partial charge in [-0.1, -0.05) is 19.8 Å². The third kappa shape index (κ3) is 5.67. The number of carbonyl (C=O) groups is 2. The number of rotatable bonds is 5. The van der Waals surface area contributed by atoms with Crippen LogP contribution in [0.25, 0.3) is 0 Å². The summed E-state index contributed by atoms with van der Waals surface area (Å²) >= 11 is 0. The summed E-state index contributed by atoms with van der Waals surface area (Å²) in [6, 6.07) is -0.0587. The number of nitrogens with zero attached hydrogens (tertiary/aromatic N) is 5. The van der Waals surface area contributed by atoms with Crippen LogP contribution in [0, 0.1) is 0 Å². The highest BCUT2D eigenvalue weighted by Crippen LogP contribution is 2.13. The molecule has 0 radical (unpaired) electrons. The largest absolute Gasteiger partial charge is 0.342 e. The Morgan fingerprint density at radius 1 is 0.714 bits per heavy atom. The van der Waals surface area contributed by atoms with Gasteiger partial charge in [-0.15, -0.1) is 0 Å². The molecule has 3 fully saturated rings. The predicted molar refractivity (Wildman–Crippen MR) is 111 cm³/mol. The summed E-state index contributed by atoms with van der Waals surface area (Å²) in [5.41, 5.74) is 0. The third-order valence-electron chi connectivity index (χ3n) is 6.76. The molecule has 0 spiro atoms. The van der Waals surface area contributed by atoms with Gasteiger partial charge in [-0.25, -0.2) is 0 Å². The molecule has 3 rings (SSSR count). The average molecular weight is 394 g/mol. The summed E-state index contributed by atoms with van der Waals surface area (Å²) in [6.07, 6.45) is 4.79. The van der Waals surface area contributed by atoms with E-state index in [2.05, 4.69) is 26.5 Å². The SMILES string of the molecule is CCN1CCN(C(=O)C(C)N2CCN(CC(=O)N3CCCCCC3)CC2)CC1. The summed E-state index contributed by atoms with van der Waals surface area (Å²) in [5.74, 6) is 0.554. The van der Waals surface area contributed by atoms with Gasteiger partial charge < -0.3 is 14.7 Å². The van der Waals surface area contributed by atoms with Crippen molar-refractivity contribution < 1.29 is 9.59 Å². The molecule has 1 unspecified atom stereocenters. The molecule has 0 N–H and O–H groups in total. The van der Waals surface area contributed by atoms with Crippen LogP contribution in [-0.2, 0) is 9.59 Å². The first-order chi connectivity index (χ1) is 13.6. The van der Waals surface area contributed by atoms with E-state index in [9.17, 15) is 9.59 Å². The van der Waals surface area contributed by atoms with Crippen LogP contribution < -0.4 is 0 Å². The fourth-order valence-electron chi connectivity index (χ4n) is 4.63. The molecule has 3 heterocycles. The van der Waals surface area contributed by atoms with Gasteiger partial charge in [0.05, 0.1) is 12.6 Å². The van der Waals surface area contributed by atoms with Crippen molar-refractivity contribution in [3.8, 4) is 0 Å². The zero-order valence-corrected chi connectivity index (χ0v) is 17.9. The van der Waals surface area contributed by atoms with E-state index >= 15 is 0 Å². The van der Waals surface area contributed by atoms with Crippen LogP contribution in [0.15, 0.2) is 0 Å². The lowest BCUT2D eigenvalue weighted by atomic mass is 10.2. The number of hydrogen-bond donors (Lipinski definition) is 0. The smallest absolute Gasteiger partial charge is 0.239 e. The lowest BCUT2D eigenvalue weighted by molar-refractivity contribution is -0.140. The van der Waals surface area contributed by atoms with Crippen molar-refractivity contribution >= 4 is 11.8 Å². The Bertz CT molecular complexity index is 505. The molecule has 28 heavy (non-hydrogen) atoms. The molecule has 1 atom stereocenters. The molecular weight excluding hydrogens is 354 g/mol. The molecule has 0 aromatic rings. The average Bonchev–Trinajstić information content (AvgIpc) is 3.03. The number of amides is 2. The molecule has 0 aliphatic carbocycles. The van der Waals surface area contributed by atoms with E-state index in [4.69, 9.17) is 0 Å². The fraction of sp³-hybridized carbons (Fsp3) is 0.905. The van der Waals surface area contributed by atoms with Gasteiger partial charge in [0.15, 0.2) is 0 Å². The minimum atomic E-state index is -0.0587. The molecule has 2 amide bonds. The van der Waals surface area contributed by atoms with Crippen molar-refractivity contribution in [2.45, 2.75) is 45.6 Å². The zero-order valence-electron chi connectivity index (χ0n) is 17.9. The molecule has 7 nitrogen and oxygen atoms in total. The Labute approximate surface area is 170 Å². The normalized spacial score (nSPS) is 24.8. The van der Waals surface area contributed by atoms with Crippen LogP contribution in [0.2, 0.25) is 0 Å². The van der Waals surface area contributed by atoms with Crippen molar-refractivity contribution in [3.63, 3.8) is 0 Å². The molecule has 3 aliphatic rings. The van der Waals surface area contributed by atoms with Crippen LogP contribution >= 0.6 is 0 Å². The molecule has 0 saturated carbocycles. The second-order valence-electron chi connectivity index (χ2n) is 8.54. The van der Waals surface area contributed by atoms with Crippen LogP contribution in [0.1, 0.15) is 39.5 Å². The van der Waals surface area contributed by atoms with Gasteiger partial charge in [0.25, 0.3) is 0 Å². The number of carbonyl (C=O) groups excluding carboxylic acids is 2. The highest BCUT2D eigenvalue weighted by atomic mass is 16.2. The van der Waals surface area contributed by atoms with Crippen molar-refractivity contribution in [1.82, 2.24) is 24.5 Å². The maximum absolute atomic E-state index is 12.9. The lowest BCUT2D eigenvalue weighted by Crippen LogP contribution is -2.58. The van der Waals surface area contributed by atoms with Gasteiger partial charge >= 0.3 is 0 Å². The Morgan fingerprint density at radius 2 is 1.29 bits per heavy atom. The van der Waals surface area contributed by atoms with E-state index in [0.717, 1.165) is 84.8 Å². The molecule has 0 aromatic heterocycles. The first-order valence-electron chi connectivity index (χ1n) is 11.3. The first-order valence-corrected chi connectivity index (χ1v) is 11.3. The Balaban J connectivity index is 1.40. The standard InChI is InChI=1S/C21H39N5O2/c1-3-22-10-16-26(17-11-22)21(28)19(2)24-14-12-23(13-15-24)18-20(27)25-8-6-4-5-7-9-25/h19H,3-18H2,1-2H3. The topological polar surface area (TPSA) is 50.3 Å². The van der Waals surface area contributed by atoms with Crippen LogP contribution in [-0.4, -0.2) is 121 Å². The highest BCUT2D eigenvalue weighted by Gasteiger charge is 2.31. The number of likely N-dealkylation sites (tertiary alicyclic amines) is 1.